The summed E-state index contributed by atoms with van der Waals surface area (Å²) in [5.41, 5.74) is -0.180. The Balaban J connectivity index is 1.25. The minimum atomic E-state index is -0.469. The average molecular weight is 1150 g/mol. The first kappa shape index (κ1) is 53.5. The van der Waals surface area contributed by atoms with Crippen molar-refractivity contribution in [1.29, 1.82) is 0 Å². The summed E-state index contributed by atoms with van der Waals surface area (Å²) in [4.78, 5) is 75.1. The zero-order chi connectivity index (χ0) is 54.6. The maximum absolute atomic E-state index is 11.7. The Hall–Kier alpha value is -7.94. The minimum absolute atomic E-state index is 0.0628. The van der Waals surface area contributed by atoms with Gasteiger partial charge in [0.2, 0.25) is 5.70 Å². The summed E-state index contributed by atoms with van der Waals surface area (Å²) in [5.74, 6) is 5.55. The Labute approximate surface area is 466 Å². The Kier molecular flexibility index (Phi) is 16.0. The lowest BCUT2D eigenvalue weighted by Gasteiger charge is -2.20. The lowest BCUT2D eigenvalue weighted by molar-refractivity contribution is -0.427. The van der Waals surface area contributed by atoms with Crippen LogP contribution in [0.1, 0.15) is 12.8 Å². The van der Waals surface area contributed by atoms with E-state index in [9.17, 15) is 50.6 Å². The van der Waals surface area contributed by atoms with Gasteiger partial charge in [-0.25, -0.2) is 0 Å². The number of nitrogens with two attached hydrogens (primary N) is 1. The van der Waals surface area contributed by atoms with E-state index in [-0.39, 0.29) is 39.8 Å². The van der Waals surface area contributed by atoms with Gasteiger partial charge in [-0.15, -0.1) is 0 Å². The van der Waals surface area contributed by atoms with E-state index < -0.39 is 19.7 Å². The predicted molar refractivity (Wildman–Crippen MR) is 303 cm³/mol. The number of benzene rings is 9. The molecule has 1 aliphatic rings. The molecular weight excluding hydrogens is 1120 g/mol. The summed E-state index contributed by atoms with van der Waals surface area (Å²) < 4.78 is 0. The molecule has 0 radical (unpaired) electrons. The quantitative estimate of drug-likeness (QED) is 0.0341. The molecular formula is C54H34N6O12S6. The predicted octanol–water partition coefficient (Wildman–Crippen LogP) is 16.6. The molecule has 0 aliphatic heterocycles. The topological polar surface area (TPSA) is 260 Å². The number of nitro groups is 5. The van der Waals surface area contributed by atoms with Crippen LogP contribution >= 0.6 is 70.6 Å². The summed E-state index contributed by atoms with van der Waals surface area (Å²) >= 11 is 8.56. The van der Waals surface area contributed by atoms with E-state index in [2.05, 4.69) is 41.4 Å². The molecule has 0 amide bonds. The number of fused-ring (bicyclic) bond motifs is 6. The molecule has 0 saturated carbocycles. The zero-order valence-corrected chi connectivity index (χ0v) is 44.6. The third-order valence-corrected chi connectivity index (χ3v) is 18.8. The molecule has 0 bridgehead atoms. The van der Waals surface area contributed by atoms with Crippen LogP contribution in [0.3, 0.4) is 0 Å². The van der Waals surface area contributed by atoms with Crippen molar-refractivity contribution >= 4 is 126 Å². The summed E-state index contributed by atoms with van der Waals surface area (Å²) in [6.07, 6.45) is 3.92. The van der Waals surface area contributed by atoms with E-state index in [4.69, 9.17) is 10.8 Å². The van der Waals surface area contributed by atoms with E-state index >= 15 is 0 Å². The van der Waals surface area contributed by atoms with Gasteiger partial charge in [0.05, 0.1) is 31.0 Å². The average Bonchev–Trinajstić information content (AvgIpc) is 3.63. The van der Waals surface area contributed by atoms with Crippen LogP contribution < -0.4 is 10.8 Å². The van der Waals surface area contributed by atoms with Crippen molar-refractivity contribution in [2.24, 2.45) is 5.90 Å². The molecule has 0 atom stereocenters. The number of non-ortho nitro benzene ring substituents is 4. The fraction of sp³-hybridized carbons (Fsp3) is 0.0370. The number of rotatable bonds is 19. The van der Waals surface area contributed by atoms with Gasteiger partial charge in [-0.2, -0.15) is 5.90 Å². The lowest BCUT2D eigenvalue weighted by atomic mass is 9.94. The Morgan fingerprint density at radius 1 is 0.346 bits per heavy atom. The molecule has 0 aromatic heterocycles. The Bertz CT molecular complexity index is 3960. The number of hydrogen-bond acceptors (Lipinski definition) is 19. The summed E-state index contributed by atoms with van der Waals surface area (Å²) in [6.45, 7) is 0. The third-order valence-electron chi connectivity index (χ3n) is 12.0. The number of nitro benzene ring substituents is 4. The van der Waals surface area contributed by atoms with Gasteiger partial charge in [0.15, 0.2) is 5.75 Å². The van der Waals surface area contributed by atoms with E-state index in [1.165, 1.54) is 119 Å². The minimum Gasteiger partial charge on any atom is -0.320 e. The fourth-order valence-electron chi connectivity index (χ4n) is 8.27. The molecule has 388 valence electrons. The van der Waals surface area contributed by atoms with Crippen LogP contribution in [0.5, 0.6) is 5.75 Å². The van der Waals surface area contributed by atoms with Crippen molar-refractivity contribution in [3.05, 3.63) is 231 Å². The van der Waals surface area contributed by atoms with Crippen LogP contribution in [-0.2, 0) is 4.99 Å². The molecule has 18 nitrogen and oxygen atoms in total. The van der Waals surface area contributed by atoms with Crippen LogP contribution in [0, 0.1) is 50.6 Å². The SMILES string of the molecule is NOOc1ccc(Sc2cc3c4cc(SC5=CCC([N+](=O)[O-])=CC5)c(Sc5ccc([N+](=O)[O-])cc5)cc4c4cc(Sc5ccc([N+](=O)[O-])cc5)c(Sc5ccc([N+](=O)[O-])cc5)cc4c3cc2Sc2ccc([N+](=O)[O-])cc2)cc1. The highest BCUT2D eigenvalue weighted by molar-refractivity contribution is 8.05. The van der Waals surface area contributed by atoms with Gasteiger partial charge in [-0.1, -0.05) is 81.6 Å². The van der Waals surface area contributed by atoms with Gasteiger partial charge in [0.25, 0.3) is 22.7 Å². The molecule has 0 unspecified atom stereocenters. The van der Waals surface area contributed by atoms with Crippen LogP contribution in [0.15, 0.2) is 234 Å². The molecule has 2 N–H and O–H groups in total. The first-order chi connectivity index (χ1) is 37.7. The first-order valence-electron chi connectivity index (χ1n) is 22.9. The van der Waals surface area contributed by atoms with Crippen molar-refractivity contribution in [1.82, 2.24) is 0 Å². The molecule has 78 heavy (non-hydrogen) atoms. The highest BCUT2D eigenvalue weighted by Gasteiger charge is 2.23. The standard InChI is InChI=1S/C54H34N6O12S6/c55-72-71-36-11-23-42(24-12-36)78-54-30-48-46-28-52(76-40-19-7-34(8-20-40)59(67)68)50(74-38-15-3-32(4-16-38)57(63)64)26-44(46)43-25-49(73-37-13-1-31(2-14-37)56(61)62)51(75-39-17-5-33(6-18-39)58(65)66)27-45(43)47(48)29-53(54)77-41-21-9-35(10-22-41)60(69)70/h1-7,9-18,20-30H,8,19,55H2. The number of nitrogens with zero attached hydrogens (tertiary/aromatic N) is 5. The largest absolute Gasteiger partial charge is 0.320 e. The van der Waals surface area contributed by atoms with Crippen molar-refractivity contribution in [3.63, 3.8) is 0 Å². The lowest BCUT2D eigenvalue weighted by Crippen LogP contribution is -2.02. The van der Waals surface area contributed by atoms with E-state index in [0.29, 0.717) is 22.0 Å². The van der Waals surface area contributed by atoms with Gasteiger partial charge < -0.3 is 4.89 Å². The van der Waals surface area contributed by atoms with Crippen molar-refractivity contribution in [2.75, 3.05) is 0 Å². The summed E-state index contributed by atoms with van der Waals surface area (Å²) in [7, 11) is 0. The second kappa shape index (κ2) is 23.3. The zero-order valence-electron chi connectivity index (χ0n) is 39.7. The van der Waals surface area contributed by atoms with Crippen LogP contribution in [0.25, 0.3) is 32.3 Å². The smallest absolute Gasteiger partial charge is 0.269 e. The maximum atomic E-state index is 11.7. The number of thioether (sulfide) groups is 1. The highest BCUT2D eigenvalue weighted by atomic mass is 32.2. The second-order valence-corrected chi connectivity index (χ2v) is 23.6. The van der Waals surface area contributed by atoms with Crippen LogP contribution in [0.4, 0.5) is 22.7 Å². The molecule has 0 saturated heterocycles. The number of hydrogen-bond donors (Lipinski definition) is 1. The van der Waals surface area contributed by atoms with Gasteiger partial charge in [-0.3, -0.25) is 50.6 Å². The van der Waals surface area contributed by atoms with E-state index in [1.54, 1.807) is 66.7 Å². The molecule has 0 fully saturated rings. The van der Waals surface area contributed by atoms with Gasteiger partial charge in [-0.05, 0) is 152 Å². The molecule has 24 heteroatoms. The van der Waals surface area contributed by atoms with Crippen molar-refractivity contribution < 1.29 is 34.5 Å². The van der Waals surface area contributed by atoms with Crippen LogP contribution in [0.2, 0.25) is 0 Å². The highest BCUT2D eigenvalue weighted by Crippen LogP contribution is 2.51. The van der Waals surface area contributed by atoms with Crippen molar-refractivity contribution in [3.8, 4) is 5.75 Å². The third kappa shape index (κ3) is 12.1. The normalized spacial score (nSPS) is 12.3. The molecule has 0 heterocycles. The Morgan fingerprint density at radius 3 is 0.846 bits per heavy atom. The fourth-order valence-corrected chi connectivity index (χ4v) is 14.3. The molecule has 10 rings (SSSR count). The molecule has 9 aromatic rings. The molecule has 0 spiro atoms. The molecule has 9 aromatic carbocycles. The maximum Gasteiger partial charge on any atom is 0.269 e. The number of allylic oxidation sites excluding steroid dienone is 3. The second-order valence-electron chi connectivity index (χ2n) is 16.8. The van der Waals surface area contributed by atoms with Gasteiger partial charge in [0.1, 0.15) is 0 Å². The first-order valence-corrected chi connectivity index (χ1v) is 27.8. The van der Waals surface area contributed by atoms with Gasteiger partial charge in [0, 0.05) is 109 Å². The summed E-state index contributed by atoms with van der Waals surface area (Å²) in [5, 5.41) is 63.5. The van der Waals surface area contributed by atoms with E-state index in [1.807, 2.05) is 18.2 Å². The van der Waals surface area contributed by atoms with Crippen molar-refractivity contribution in [2.45, 2.75) is 66.7 Å². The van der Waals surface area contributed by atoms with Gasteiger partial charge >= 0.3 is 0 Å². The van der Waals surface area contributed by atoms with Crippen LogP contribution in [-0.4, -0.2) is 24.6 Å². The monoisotopic (exact) mass is 1150 g/mol. The van der Waals surface area contributed by atoms with E-state index in [0.717, 1.165) is 81.3 Å². The molecule has 1 aliphatic carbocycles. The summed E-state index contributed by atoms with van der Waals surface area (Å²) in [6, 6.07) is 44.6. The Morgan fingerprint density at radius 2 is 0.615 bits per heavy atom.